The van der Waals surface area contributed by atoms with Crippen molar-refractivity contribution in [3.63, 3.8) is 0 Å². The first kappa shape index (κ1) is 25.3. The average Bonchev–Trinajstić information content (AvgIpc) is 2.89. The van der Waals surface area contributed by atoms with Gasteiger partial charge in [-0.25, -0.2) is 5.43 Å². The first-order valence-corrected chi connectivity index (χ1v) is 12.9. The lowest BCUT2D eigenvalue weighted by atomic mass is 10.1. The summed E-state index contributed by atoms with van der Waals surface area (Å²) in [4.78, 5) is 30.9. The summed E-state index contributed by atoms with van der Waals surface area (Å²) in [5.41, 5.74) is 6.80. The molecule has 4 rings (SSSR count). The van der Waals surface area contributed by atoms with Crippen molar-refractivity contribution in [3.8, 4) is 0 Å². The summed E-state index contributed by atoms with van der Waals surface area (Å²) in [5.74, 6) is 0.0494. The molecule has 2 amide bonds. The highest BCUT2D eigenvalue weighted by atomic mass is 79.9. The largest absolute Gasteiger partial charge is 0.321 e. The maximum absolute atomic E-state index is 12.9. The number of amides is 2. The molecule has 8 heteroatoms. The van der Waals surface area contributed by atoms with E-state index in [9.17, 15) is 9.59 Å². The molecule has 2 N–H and O–H groups in total. The van der Waals surface area contributed by atoms with Crippen molar-refractivity contribution in [2.75, 3.05) is 5.32 Å². The molecule has 6 nitrogen and oxygen atoms in total. The molecule has 3 aromatic carbocycles. The van der Waals surface area contributed by atoms with E-state index >= 15 is 0 Å². The van der Waals surface area contributed by atoms with Crippen molar-refractivity contribution in [2.45, 2.75) is 17.6 Å². The summed E-state index contributed by atoms with van der Waals surface area (Å²) in [6.07, 6.45) is 5.11. The van der Waals surface area contributed by atoms with E-state index in [1.807, 2.05) is 55.5 Å². The molecule has 0 fully saturated rings. The van der Waals surface area contributed by atoms with Gasteiger partial charge in [0.25, 0.3) is 11.8 Å². The molecule has 0 radical (unpaired) electrons. The number of hydrogen-bond donors (Lipinski definition) is 2. The van der Waals surface area contributed by atoms with Crippen LogP contribution in [-0.2, 0) is 5.75 Å². The Hall–Kier alpha value is -3.75. The molecule has 0 spiro atoms. The molecule has 0 aliphatic heterocycles. The number of aromatic nitrogens is 1. The topological polar surface area (TPSA) is 83.5 Å². The van der Waals surface area contributed by atoms with Crippen LogP contribution in [0.3, 0.4) is 0 Å². The van der Waals surface area contributed by atoms with Gasteiger partial charge in [-0.05, 0) is 60.5 Å². The Bertz CT molecular complexity index is 1390. The first-order chi connectivity index (χ1) is 17.5. The third-order valence-corrected chi connectivity index (χ3v) is 6.74. The van der Waals surface area contributed by atoms with Gasteiger partial charge in [0.2, 0.25) is 0 Å². The van der Waals surface area contributed by atoms with E-state index in [4.69, 9.17) is 0 Å². The van der Waals surface area contributed by atoms with E-state index in [1.54, 1.807) is 60.7 Å². The smallest absolute Gasteiger partial charge is 0.273 e. The van der Waals surface area contributed by atoms with Crippen molar-refractivity contribution >= 4 is 51.4 Å². The second-order valence-electron chi connectivity index (χ2n) is 7.93. The second kappa shape index (κ2) is 12.3. The Morgan fingerprint density at radius 2 is 1.75 bits per heavy atom. The Balaban J connectivity index is 1.40. The number of aryl methyl sites for hydroxylation is 1. The van der Waals surface area contributed by atoms with Crippen LogP contribution in [0.25, 0.3) is 0 Å². The van der Waals surface area contributed by atoms with Crippen LogP contribution in [0.4, 0.5) is 5.69 Å². The molecule has 0 aliphatic rings. The van der Waals surface area contributed by atoms with Gasteiger partial charge >= 0.3 is 0 Å². The van der Waals surface area contributed by atoms with Gasteiger partial charge in [-0.1, -0.05) is 57.9 Å². The molecule has 0 aliphatic carbocycles. The minimum Gasteiger partial charge on any atom is -0.321 e. The number of carbonyl (C=O) groups is 2. The number of thioether (sulfide) groups is 1. The van der Waals surface area contributed by atoms with Crippen molar-refractivity contribution in [2.24, 2.45) is 5.10 Å². The molecule has 0 unspecified atom stereocenters. The molecule has 0 bridgehead atoms. The van der Waals surface area contributed by atoms with Gasteiger partial charge in [0.1, 0.15) is 0 Å². The number of hydrazone groups is 1. The van der Waals surface area contributed by atoms with E-state index < -0.39 is 5.91 Å². The standard InChI is InChI=1S/C28H23BrN4O2S/c1-19-3-2-4-21(15-19)17-31-33-28(35)25-16-23(29)9-10-26(25)32-27(34)22-7-5-20(6-8-22)18-36-24-11-13-30-14-12-24/h2-17H,18H2,1H3,(H,32,34)(H,33,35). The SMILES string of the molecule is Cc1cccc(C=NNC(=O)c2cc(Br)ccc2NC(=O)c2ccc(CSc3ccncc3)cc2)c1. The van der Waals surface area contributed by atoms with Gasteiger partial charge in [-0.3, -0.25) is 14.6 Å². The lowest BCUT2D eigenvalue weighted by molar-refractivity contribution is 0.0956. The third-order valence-electron chi connectivity index (χ3n) is 5.17. The summed E-state index contributed by atoms with van der Waals surface area (Å²) >= 11 is 5.09. The summed E-state index contributed by atoms with van der Waals surface area (Å²) in [7, 11) is 0. The number of nitrogens with zero attached hydrogens (tertiary/aromatic N) is 2. The van der Waals surface area contributed by atoms with E-state index in [0.717, 1.165) is 27.3 Å². The molecular formula is C28H23BrN4O2S. The Morgan fingerprint density at radius 1 is 0.972 bits per heavy atom. The van der Waals surface area contributed by atoms with Gasteiger partial charge in [-0.15, -0.1) is 11.8 Å². The van der Waals surface area contributed by atoms with E-state index in [0.29, 0.717) is 21.3 Å². The molecule has 36 heavy (non-hydrogen) atoms. The number of pyridine rings is 1. The van der Waals surface area contributed by atoms with Crippen molar-refractivity contribution in [3.05, 3.63) is 124 Å². The van der Waals surface area contributed by atoms with Crippen LogP contribution in [0, 0.1) is 6.92 Å². The average molecular weight is 559 g/mol. The molecule has 1 heterocycles. The van der Waals surface area contributed by atoms with Gasteiger partial charge in [0, 0.05) is 33.1 Å². The molecule has 4 aromatic rings. The lowest BCUT2D eigenvalue weighted by Crippen LogP contribution is -2.21. The Kier molecular flexibility index (Phi) is 8.65. The van der Waals surface area contributed by atoms with E-state index in [-0.39, 0.29) is 5.91 Å². The van der Waals surface area contributed by atoms with Crippen LogP contribution in [0.2, 0.25) is 0 Å². The number of carbonyl (C=O) groups excluding carboxylic acids is 2. The summed E-state index contributed by atoms with van der Waals surface area (Å²) in [5, 5.41) is 6.90. The van der Waals surface area contributed by atoms with Crippen LogP contribution in [0.1, 0.15) is 37.4 Å². The van der Waals surface area contributed by atoms with Gasteiger partial charge in [0.05, 0.1) is 17.5 Å². The zero-order valence-corrected chi connectivity index (χ0v) is 21.8. The first-order valence-electron chi connectivity index (χ1n) is 11.1. The summed E-state index contributed by atoms with van der Waals surface area (Å²) < 4.78 is 0.712. The van der Waals surface area contributed by atoms with Crippen molar-refractivity contribution < 1.29 is 9.59 Å². The Labute approximate surface area is 222 Å². The van der Waals surface area contributed by atoms with Crippen LogP contribution < -0.4 is 10.7 Å². The quantitative estimate of drug-likeness (QED) is 0.147. The number of benzene rings is 3. The second-order valence-corrected chi connectivity index (χ2v) is 9.89. The summed E-state index contributed by atoms with van der Waals surface area (Å²) in [6.45, 7) is 1.99. The van der Waals surface area contributed by atoms with E-state index in [2.05, 4.69) is 36.8 Å². The minimum absolute atomic E-state index is 0.296. The van der Waals surface area contributed by atoms with Gasteiger partial charge in [0.15, 0.2) is 0 Å². The van der Waals surface area contributed by atoms with Crippen LogP contribution in [0.15, 0.2) is 106 Å². The predicted molar refractivity (Wildman–Crippen MR) is 149 cm³/mol. The highest BCUT2D eigenvalue weighted by Gasteiger charge is 2.15. The van der Waals surface area contributed by atoms with Crippen LogP contribution in [-0.4, -0.2) is 23.0 Å². The molecule has 0 atom stereocenters. The normalized spacial score (nSPS) is 10.8. The highest BCUT2D eigenvalue weighted by Crippen LogP contribution is 2.24. The van der Waals surface area contributed by atoms with Crippen molar-refractivity contribution in [1.82, 2.24) is 10.4 Å². The fourth-order valence-corrected chi connectivity index (χ4v) is 4.54. The fraction of sp³-hybridized carbons (Fsp3) is 0.0714. The van der Waals surface area contributed by atoms with Gasteiger partial charge < -0.3 is 5.32 Å². The Morgan fingerprint density at radius 3 is 2.50 bits per heavy atom. The minimum atomic E-state index is -0.431. The molecule has 1 aromatic heterocycles. The number of rotatable bonds is 8. The number of nitrogens with one attached hydrogen (secondary N) is 2. The molecule has 0 saturated heterocycles. The zero-order valence-electron chi connectivity index (χ0n) is 19.4. The fourth-order valence-electron chi connectivity index (χ4n) is 3.34. The third kappa shape index (κ3) is 7.13. The van der Waals surface area contributed by atoms with E-state index in [1.165, 1.54) is 0 Å². The monoisotopic (exact) mass is 558 g/mol. The van der Waals surface area contributed by atoms with Gasteiger partial charge in [-0.2, -0.15) is 5.10 Å². The predicted octanol–water partition coefficient (Wildman–Crippen LogP) is 6.46. The number of hydrogen-bond acceptors (Lipinski definition) is 5. The molecular weight excluding hydrogens is 536 g/mol. The highest BCUT2D eigenvalue weighted by molar-refractivity contribution is 9.10. The number of halogens is 1. The van der Waals surface area contributed by atoms with Crippen molar-refractivity contribution in [1.29, 1.82) is 0 Å². The molecule has 180 valence electrons. The molecule has 0 saturated carbocycles. The van der Waals surface area contributed by atoms with Crippen LogP contribution in [0.5, 0.6) is 0 Å². The number of anilines is 1. The van der Waals surface area contributed by atoms with Crippen LogP contribution >= 0.6 is 27.7 Å². The zero-order chi connectivity index (χ0) is 25.3. The summed E-state index contributed by atoms with van der Waals surface area (Å²) in [6, 6.07) is 24.2. The lowest BCUT2D eigenvalue weighted by Gasteiger charge is -2.11. The maximum atomic E-state index is 12.9. The maximum Gasteiger partial charge on any atom is 0.273 e.